The molecule has 0 saturated carbocycles. The van der Waals surface area contributed by atoms with E-state index in [4.69, 9.17) is 19.6 Å². The van der Waals surface area contributed by atoms with Crippen molar-refractivity contribution >= 4 is 16.6 Å². The zero-order valence-electron chi connectivity index (χ0n) is 22.3. The van der Waals surface area contributed by atoms with Crippen LogP contribution in [0.4, 0.5) is 5.69 Å². The highest BCUT2D eigenvalue weighted by Crippen LogP contribution is 2.37. The Hall–Kier alpha value is -5.10. The molecule has 0 saturated heterocycles. The van der Waals surface area contributed by atoms with Crippen molar-refractivity contribution in [3.8, 4) is 23.0 Å². The van der Waals surface area contributed by atoms with E-state index in [1.54, 1.807) is 0 Å². The lowest BCUT2D eigenvalue weighted by molar-refractivity contribution is 0.268. The molecule has 0 aliphatic carbocycles. The first-order valence-electron chi connectivity index (χ1n) is 13.3. The predicted molar refractivity (Wildman–Crippen MR) is 159 cm³/mol. The van der Waals surface area contributed by atoms with Crippen LogP contribution in [0.3, 0.4) is 0 Å². The van der Waals surface area contributed by atoms with Gasteiger partial charge >= 0.3 is 0 Å². The molecule has 40 heavy (non-hydrogen) atoms. The topological polar surface area (TPSA) is 61.2 Å². The van der Waals surface area contributed by atoms with Crippen LogP contribution in [0.1, 0.15) is 16.7 Å². The maximum atomic E-state index is 6.31. The summed E-state index contributed by atoms with van der Waals surface area (Å²) in [6, 6.07) is 40.6. The first-order chi connectivity index (χ1) is 19.7. The number of nitrogens with one attached hydrogen (secondary N) is 1. The quantitative estimate of drug-likeness (QED) is 0.201. The molecule has 2 aromatic heterocycles. The molecule has 0 atom stereocenters. The van der Waals surface area contributed by atoms with Crippen LogP contribution in [0.15, 0.2) is 121 Å². The third-order valence-electron chi connectivity index (χ3n) is 6.73. The average molecular weight is 527 g/mol. The fourth-order valence-corrected chi connectivity index (χ4v) is 4.72. The molecule has 0 spiro atoms. The number of hydrogen-bond acceptors (Lipinski definition) is 5. The van der Waals surface area contributed by atoms with Crippen molar-refractivity contribution < 1.29 is 9.47 Å². The first kappa shape index (κ1) is 25.2. The van der Waals surface area contributed by atoms with Gasteiger partial charge in [0.1, 0.15) is 18.9 Å². The number of benzene rings is 4. The van der Waals surface area contributed by atoms with Gasteiger partial charge in [0.05, 0.1) is 16.8 Å². The van der Waals surface area contributed by atoms with Gasteiger partial charge in [0.25, 0.3) is 0 Å². The van der Waals surface area contributed by atoms with Crippen molar-refractivity contribution in [3.63, 3.8) is 0 Å². The second-order valence-electron chi connectivity index (χ2n) is 9.56. The lowest BCUT2D eigenvalue weighted by Gasteiger charge is -2.12. The van der Waals surface area contributed by atoms with Crippen molar-refractivity contribution in [2.45, 2.75) is 19.8 Å². The van der Waals surface area contributed by atoms with E-state index in [1.165, 1.54) is 5.56 Å². The zero-order valence-corrected chi connectivity index (χ0v) is 22.3. The molecule has 6 heteroatoms. The summed E-state index contributed by atoms with van der Waals surface area (Å²) in [4.78, 5) is 4.78. The molecule has 0 aliphatic rings. The fraction of sp³-hybridized carbons (Fsp3) is 0.118. The average Bonchev–Trinajstić information content (AvgIpc) is 3.36. The Balaban J connectivity index is 1.33. The van der Waals surface area contributed by atoms with Gasteiger partial charge in [0, 0.05) is 25.0 Å². The molecule has 4 aromatic carbocycles. The summed E-state index contributed by atoms with van der Waals surface area (Å²) in [5.41, 5.74) is 7.01. The maximum absolute atomic E-state index is 6.31. The second-order valence-corrected chi connectivity index (χ2v) is 9.56. The molecule has 0 radical (unpaired) electrons. The van der Waals surface area contributed by atoms with E-state index >= 15 is 0 Å². The van der Waals surface area contributed by atoms with Crippen LogP contribution in [-0.2, 0) is 26.8 Å². The van der Waals surface area contributed by atoms with Crippen molar-refractivity contribution in [1.82, 2.24) is 14.8 Å². The van der Waals surface area contributed by atoms with Gasteiger partial charge in [-0.25, -0.2) is 0 Å². The van der Waals surface area contributed by atoms with Gasteiger partial charge in [-0.15, -0.1) is 0 Å². The van der Waals surface area contributed by atoms with Crippen LogP contribution in [0.25, 0.3) is 22.2 Å². The second kappa shape index (κ2) is 11.7. The van der Waals surface area contributed by atoms with Gasteiger partial charge in [-0.1, -0.05) is 103 Å². The van der Waals surface area contributed by atoms with E-state index in [2.05, 4.69) is 47.8 Å². The SMILES string of the molecule is Cn1nc(-c2ccc(OCc3ccccc3)nc2OCc2ccccc2)c2cccc(NCc3ccccc3)c21. The van der Waals surface area contributed by atoms with Gasteiger partial charge < -0.3 is 14.8 Å². The summed E-state index contributed by atoms with van der Waals surface area (Å²) < 4.78 is 14.3. The lowest BCUT2D eigenvalue weighted by Crippen LogP contribution is -2.03. The first-order valence-corrected chi connectivity index (χ1v) is 13.3. The third-order valence-corrected chi connectivity index (χ3v) is 6.73. The molecule has 1 N–H and O–H groups in total. The smallest absolute Gasteiger partial charge is 0.226 e. The Morgan fingerprint density at radius 3 is 1.95 bits per heavy atom. The number of rotatable bonds is 10. The summed E-state index contributed by atoms with van der Waals surface area (Å²) in [5, 5.41) is 9.53. The molecule has 0 bridgehead atoms. The van der Waals surface area contributed by atoms with Crippen LogP contribution in [0.5, 0.6) is 11.8 Å². The van der Waals surface area contributed by atoms with Gasteiger partial charge in [-0.2, -0.15) is 10.1 Å². The van der Waals surface area contributed by atoms with Crippen molar-refractivity contribution in [3.05, 3.63) is 138 Å². The zero-order chi connectivity index (χ0) is 27.1. The van der Waals surface area contributed by atoms with E-state index in [1.807, 2.05) is 90.6 Å². The minimum Gasteiger partial charge on any atom is -0.473 e. The number of pyridine rings is 1. The van der Waals surface area contributed by atoms with Crippen LogP contribution in [0, 0.1) is 0 Å². The highest BCUT2D eigenvalue weighted by molar-refractivity contribution is 6.00. The number of para-hydroxylation sites is 1. The maximum Gasteiger partial charge on any atom is 0.226 e. The summed E-state index contributed by atoms with van der Waals surface area (Å²) in [6.45, 7) is 1.53. The predicted octanol–water partition coefficient (Wildman–Crippen LogP) is 7.41. The minimum absolute atomic E-state index is 0.387. The van der Waals surface area contributed by atoms with Gasteiger partial charge in [-0.05, 0) is 28.8 Å². The number of hydrogen-bond donors (Lipinski definition) is 1. The summed E-state index contributed by atoms with van der Waals surface area (Å²) in [6.07, 6.45) is 0. The molecule has 6 nitrogen and oxygen atoms in total. The molecular weight excluding hydrogens is 496 g/mol. The third kappa shape index (κ3) is 5.66. The summed E-state index contributed by atoms with van der Waals surface area (Å²) >= 11 is 0. The van der Waals surface area contributed by atoms with Crippen LogP contribution < -0.4 is 14.8 Å². The number of ether oxygens (including phenoxy) is 2. The molecular formula is C34H30N4O2. The molecule has 2 heterocycles. The molecule has 0 fully saturated rings. The van der Waals surface area contributed by atoms with E-state index in [9.17, 15) is 0 Å². The lowest BCUT2D eigenvalue weighted by atomic mass is 10.1. The van der Waals surface area contributed by atoms with E-state index in [0.717, 1.165) is 45.5 Å². The normalized spacial score (nSPS) is 10.9. The number of fused-ring (bicyclic) bond motifs is 1. The summed E-state index contributed by atoms with van der Waals surface area (Å²) in [7, 11) is 1.97. The monoisotopic (exact) mass is 526 g/mol. The standard InChI is InChI=1S/C34H30N4O2/c1-38-33-28(18-11-19-30(33)35-22-25-12-5-2-6-13-25)32(37-38)29-20-21-31(39-23-26-14-7-3-8-15-26)36-34(29)40-24-27-16-9-4-10-17-27/h2-21,35H,22-24H2,1H3. The van der Waals surface area contributed by atoms with Gasteiger partial charge in [-0.3, -0.25) is 4.68 Å². The molecule has 0 unspecified atom stereocenters. The number of anilines is 1. The van der Waals surface area contributed by atoms with Crippen molar-refractivity contribution in [2.24, 2.45) is 7.05 Å². The Labute approximate surface area is 233 Å². The number of nitrogens with zero attached hydrogens (tertiary/aromatic N) is 3. The van der Waals surface area contributed by atoms with E-state index in [0.29, 0.717) is 25.0 Å². The Kier molecular flexibility index (Phi) is 7.40. The van der Waals surface area contributed by atoms with Crippen molar-refractivity contribution in [1.29, 1.82) is 0 Å². The van der Waals surface area contributed by atoms with E-state index < -0.39 is 0 Å². The molecule has 0 amide bonds. The Morgan fingerprint density at radius 1 is 0.650 bits per heavy atom. The largest absolute Gasteiger partial charge is 0.473 e. The Bertz CT molecular complexity index is 1700. The van der Waals surface area contributed by atoms with Gasteiger partial charge in [0.2, 0.25) is 11.8 Å². The minimum atomic E-state index is 0.387. The van der Waals surface area contributed by atoms with Crippen LogP contribution in [0.2, 0.25) is 0 Å². The fourth-order valence-electron chi connectivity index (χ4n) is 4.72. The molecule has 198 valence electrons. The van der Waals surface area contributed by atoms with Crippen LogP contribution in [-0.4, -0.2) is 14.8 Å². The van der Waals surface area contributed by atoms with Crippen LogP contribution >= 0.6 is 0 Å². The number of aryl methyl sites for hydroxylation is 1. The molecule has 6 rings (SSSR count). The summed E-state index contributed by atoms with van der Waals surface area (Å²) in [5.74, 6) is 0.984. The van der Waals surface area contributed by atoms with E-state index in [-0.39, 0.29) is 0 Å². The number of aromatic nitrogens is 3. The van der Waals surface area contributed by atoms with Gasteiger partial charge in [0.15, 0.2) is 0 Å². The Morgan fingerprint density at radius 2 is 1.27 bits per heavy atom. The molecule has 6 aromatic rings. The highest BCUT2D eigenvalue weighted by atomic mass is 16.5. The molecule has 0 aliphatic heterocycles. The highest BCUT2D eigenvalue weighted by Gasteiger charge is 2.19. The van der Waals surface area contributed by atoms with Crippen molar-refractivity contribution in [2.75, 3.05) is 5.32 Å².